The van der Waals surface area contributed by atoms with Crippen LogP contribution in [0.4, 0.5) is 0 Å². The van der Waals surface area contributed by atoms with Gasteiger partial charge in [0.25, 0.3) is 0 Å². The highest BCUT2D eigenvalue weighted by Crippen LogP contribution is 1.61. The number of nitrogens with zero attached hydrogens (tertiary/aromatic N) is 3. The number of hydrogen-bond acceptors (Lipinski definition) is 3. The Morgan fingerprint density at radius 1 is 1.00 bits per heavy atom. The fraction of sp³-hybridized carbons (Fsp3) is 0.286. The van der Waals surface area contributed by atoms with Gasteiger partial charge in [-0.3, -0.25) is 0 Å². The summed E-state index contributed by atoms with van der Waals surface area (Å²) in [5.74, 6) is 0. The highest BCUT2D eigenvalue weighted by molar-refractivity contribution is 4.92. The first-order chi connectivity index (χ1) is 6.00. The highest BCUT2D eigenvalue weighted by Gasteiger charge is 2.07. The monoisotopic (exact) mass is 181 g/mol. The van der Waals surface area contributed by atoms with Crippen LogP contribution in [0.1, 0.15) is 0 Å². The lowest BCUT2D eigenvalue weighted by Crippen LogP contribution is -2.51. The summed E-state index contributed by atoms with van der Waals surface area (Å²) in [6.07, 6.45) is 4.92. The molecule has 1 rings (SSSR count). The van der Waals surface area contributed by atoms with E-state index < -0.39 is 17.1 Å². The predicted molar refractivity (Wildman–Crippen MR) is 45.4 cm³/mol. The molecule has 0 aliphatic carbocycles. The van der Waals surface area contributed by atoms with Gasteiger partial charge in [0.1, 0.15) is 0 Å². The molecule has 13 heavy (non-hydrogen) atoms. The zero-order valence-electron chi connectivity index (χ0n) is 7.14. The maximum Gasteiger partial charge on any atom is 0.348 e. The number of hydrogen-bond donors (Lipinski definition) is 0. The molecule has 0 amide bonds. The van der Waals surface area contributed by atoms with Gasteiger partial charge in [0.15, 0.2) is 0 Å². The van der Waals surface area contributed by atoms with E-state index in [1.54, 1.807) is 0 Å². The summed E-state index contributed by atoms with van der Waals surface area (Å²) < 4.78 is 2.06. The molecule has 1 aromatic rings. The second kappa shape index (κ2) is 2.79. The Labute approximate surface area is 72.7 Å². The Morgan fingerprint density at radius 2 is 1.38 bits per heavy atom. The molecule has 6 nitrogen and oxygen atoms in total. The second-order valence-corrected chi connectivity index (χ2v) is 2.43. The first kappa shape index (κ1) is 9.06. The smallest absolute Gasteiger partial charge is 0.247 e. The van der Waals surface area contributed by atoms with Gasteiger partial charge in [-0.25, -0.2) is 23.5 Å². The van der Waals surface area contributed by atoms with Gasteiger partial charge in [0.2, 0.25) is 0 Å². The van der Waals surface area contributed by atoms with Gasteiger partial charge in [0, 0.05) is 20.1 Å². The Hall–Kier alpha value is -2.03. The maximum atomic E-state index is 11.2. The Bertz CT molecular complexity index is 512. The molecule has 1 heterocycles. The Balaban J connectivity index is 4.04. The zero-order chi connectivity index (χ0) is 10.2. The minimum absolute atomic E-state index is 0.529. The highest BCUT2D eigenvalue weighted by atomic mass is 16.2. The lowest BCUT2D eigenvalue weighted by molar-refractivity contribution is 0.587. The Morgan fingerprint density at radius 3 is 1.69 bits per heavy atom. The molecule has 0 spiro atoms. The molecule has 0 radical (unpaired) electrons. The molecule has 1 aromatic heterocycles. The van der Waals surface area contributed by atoms with Crippen molar-refractivity contribution in [3.05, 3.63) is 31.5 Å². The average molecular weight is 181 g/mol. The van der Waals surface area contributed by atoms with Crippen LogP contribution in [0.3, 0.4) is 0 Å². The number of aromatic nitrogens is 3. The van der Waals surface area contributed by atoms with Crippen molar-refractivity contribution in [2.75, 3.05) is 0 Å². The summed E-state index contributed by atoms with van der Waals surface area (Å²) >= 11 is 0. The van der Waals surface area contributed by atoms with Gasteiger partial charge in [-0.15, -0.1) is 0 Å². The molecule has 68 valence electrons. The number of terminal acetylenes is 1. The minimum atomic E-state index is -0.810. The molecule has 6 heteroatoms. The van der Waals surface area contributed by atoms with Crippen molar-refractivity contribution in [3.8, 4) is 12.5 Å². The van der Waals surface area contributed by atoms with E-state index in [4.69, 9.17) is 6.42 Å². The molecule has 0 bridgehead atoms. The van der Waals surface area contributed by atoms with E-state index in [2.05, 4.69) is 0 Å². The van der Waals surface area contributed by atoms with Crippen molar-refractivity contribution in [3.63, 3.8) is 0 Å². The van der Waals surface area contributed by atoms with Gasteiger partial charge in [0.05, 0.1) is 0 Å². The first-order valence-electron chi connectivity index (χ1n) is 3.36. The molecule has 0 saturated carbocycles. The van der Waals surface area contributed by atoms with E-state index >= 15 is 0 Å². The summed E-state index contributed by atoms with van der Waals surface area (Å²) in [6.45, 7) is 0. The molecular weight excluding hydrogens is 174 g/mol. The van der Waals surface area contributed by atoms with Crippen LogP contribution < -0.4 is 17.1 Å². The zero-order valence-corrected chi connectivity index (χ0v) is 7.14. The SMILES string of the molecule is C#Cn1c(=O)n(C)c(=O)n(C)c1=O. The Kier molecular flexibility index (Phi) is 1.94. The molecule has 0 unspecified atom stereocenters. The molecule has 0 fully saturated rings. The van der Waals surface area contributed by atoms with E-state index in [0.29, 0.717) is 4.57 Å². The molecule has 0 atom stereocenters. The van der Waals surface area contributed by atoms with Crippen molar-refractivity contribution in [2.24, 2.45) is 14.1 Å². The van der Waals surface area contributed by atoms with Crippen LogP contribution in [0, 0.1) is 12.5 Å². The van der Waals surface area contributed by atoms with Crippen LogP contribution in [-0.4, -0.2) is 13.7 Å². The van der Waals surface area contributed by atoms with E-state index in [0.717, 1.165) is 9.13 Å². The van der Waals surface area contributed by atoms with E-state index in [1.165, 1.54) is 14.1 Å². The standard InChI is InChI=1S/C7H7N3O3/c1-4-10-6(12)8(2)5(11)9(3)7(10)13/h1H,2-3H3. The molecule has 0 aliphatic heterocycles. The summed E-state index contributed by atoms with van der Waals surface area (Å²) in [6, 6.07) is 1.88. The van der Waals surface area contributed by atoms with Crippen molar-refractivity contribution in [1.82, 2.24) is 13.7 Å². The van der Waals surface area contributed by atoms with Crippen LogP contribution in [-0.2, 0) is 14.1 Å². The molecule has 0 aromatic carbocycles. The second-order valence-electron chi connectivity index (χ2n) is 2.43. The summed E-state index contributed by atoms with van der Waals surface area (Å²) in [5.41, 5.74) is -2.31. The first-order valence-corrected chi connectivity index (χ1v) is 3.36. The largest absolute Gasteiger partial charge is 0.348 e. The molecule has 0 saturated heterocycles. The van der Waals surface area contributed by atoms with Crippen LogP contribution in [0.2, 0.25) is 0 Å². The van der Waals surface area contributed by atoms with Crippen LogP contribution >= 0.6 is 0 Å². The van der Waals surface area contributed by atoms with Crippen molar-refractivity contribution in [1.29, 1.82) is 0 Å². The van der Waals surface area contributed by atoms with Gasteiger partial charge in [-0.2, -0.15) is 4.57 Å². The minimum Gasteiger partial charge on any atom is -0.247 e. The van der Waals surface area contributed by atoms with Crippen LogP contribution in [0.15, 0.2) is 14.4 Å². The maximum absolute atomic E-state index is 11.2. The normalized spacial score (nSPS) is 9.62. The van der Waals surface area contributed by atoms with Crippen LogP contribution in [0.25, 0.3) is 0 Å². The third-order valence-corrected chi connectivity index (χ3v) is 1.66. The van der Waals surface area contributed by atoms with E-state index in [9.17, 15) is 14.4 Å². The van der Waals surface area contributed by atoms with Gasteiger partial charge < -0.3 is 0 Å². The predicted octanol–water partition coefficient (Wildman–Crippen LogP) is -2.32. The van der Waals surface area contributed by atoms with E-state index in [1.807, 2.05) is 6.04 Å². The van der Waals surface area contributed by atoms with Gasteiger partial charge in [-0.1, -0.05) is 6.42 Å². The average Bonchev–Trinajstić information content (AvgIpc) is 2.13. The third kappa shape index (κ3) is 1.10. The fourth-order valence-electron chi connectivity index (χ4n) is 0.881. The topological polar surface area (TPSA) is 66.0 Å². The van der Waals surface area contributed by atoms with Gasteiger partial charge >= 0.3 is 17.1 Å². The van der Waals surface area contributed by atoms with Crippen molar-refractivity contribution in [2.45, 2.75) is 0 Å². The van der Waals surface area contributed by atoms with E-state index in [-0.39, 0.29) is 0 Å². The lowest BCUT2D eigenvalue weighted by atomic mass is 10.8. The summed E-state index contributed by atoms with van der Waals surface area (Å²) in [7, 11) is 2.50. The lowest BCUT2D eigenvalue weighted by Gasteiger charge is -2.01. The summed E-state index contributed by atoms with van der Waals surface area (Å²) in [5, 5.41) is 0. The van der Waals surface area contributed by atoms with Crippen LogP contribution in [0.5, 0.6) is 0 Å². The third-order valence-electron chi connectivity index (χ3n) is 1.66. The van der Waals surface area contributed by atoms with Crippen molar-refractivity contribution < 1.29 is 0 Å². The number of rotatable bonds is 0. The quantitative estimate of drug-likeness (QED) is 0.422. The van der Waals surface area contributed by atoms with Gasteiger partial charge in [-0.05, 0) is 0 Å². The fourth-order valence-corrected chi connectivity index (χ4v) is 0.881. The van der Waals surface area contributed by atoms with Crippen molar-refractivity contribution >= 4 is 0 Å². The molecule has 0 N–H and O–H groups in total. The summed E-state index contributed by atoms with van der Waals surface area (Å²) in [4.78, 5) is 33.4. The molecular formula is C7H7N3O3. The molecule has 0 aliphatic rings.